The van der Waals surface area contributed by atoms with Crippen LogP contribution in [0.4, 0.5) is 10.2 Å². The Morgan fingerprint density at radius 2 is 1.76 bits per heavy atom. The van der Waals surface area contributed by atoms with Crippen molar-refractivity contribution >= 4 is 45.2 Å². The molecule has 1 aliphatic heterocycles. The van der Waals surface area contributed by atoms with E-state index in [1.807, 2.05) is 71.3 Å². The predicted octanol–water partition coefficient (Wildman–Crippen LogP) is 7.43. The number of pyridine rings is 1. The molecule has 6 rings (SSSR count). The fraction of sp³-hybridized carbons (Fsp3) is 0.355. The van der Waals surface area contributed by atoms with Crippen LogP contribution >= 0.6 is 11.6 Å². The largest absolute Gasteiger partial charge is 0.481 e. The van der Waals surface area contributed by atoms with Crippen LogP contribution in [0.3, 0.4) is 0 Å². The zero-order chi connectivity index (χ0) is 29.8. The fourth-order valence-electron chi connectivity index (χ4n) is 5.20. The Hall–Kier alpha value is -3.98. The van der Waals surface area contributed by atoms with Crippen molar-refractivity contribution in [1.82, 2.24) is 24.5 Å². The number of nitrogens with zero attached hydrogens (tertiary/aromatic N) is 6. The number of benzene rings is 2. The number of piperidine rings is 1. The van der Waals surface area contributed by atoms with E-state index in [4.69, 9.17) is 16.7 Å². The second-order valence-corrected chi connectivity index (χ2v) is 9.85. The van der Waals surface area contributed by atoms with Crippen molar-refractivity contribution in [3.05, 3.63) is 65.2 Å². The number of aliphatic carboxylic acids is 1. The SMILES string of the molecule is CC.CC.Cc1c(Cl)c(F)cc2c(-c3cccc4nn(C)cc34)nn(-c3ccc(N4CCC(C(=O)O)CC4)nc3)c12. The highest BCUT2D eigenvalue weighted by molar-refractivity contribution is 6.32. The van der Waals surface area contributed by atoms with Gasteiger partial charge in [-0.3, -0.25) is 9.48 Å². The number of hydrogen-bond acceptors (Lipinski definition) is 5. The molecule has 0 amide bonds. The van der Waals surface area contributed by atoms with Crippen molar-refractivity contribution < 1.29 is 14.3 Å². The minimum atomic E-state index is -0.739. The van der Waals surface area contributed by atoms with Crippen LogP contribution in [-0.4, -0.2) is 48.7 Å². The predicted molar refractivity (Wildman–Crippen MR) is 164 cm³/mol. The van der Waals surface area contributed by atoms with E-state index in [-0.39, 0.29) is 10.9 Å². The van der Waals surface area contributed by atoms with Crippen LogP contribution in [0.25, 0.3) is 38.8 Å². The lowest BCUT2D eigenvalue weighted by molar-refractivity contribution is -0.142. The van der Waals surface area contributed by atoms with Gasteiger partial charge in [0.25, 0.3) is 0 Å². The van der Waals surface area contributed by atoms with Crippen LogP contribution in [0, 0.1) is 18.7 Å². The first-order valence-corrected chi connectivity index (χ1v) is 14.4. The second kappa shape index (κ2) is 12.7. The number of carboxylic acids is 1. The van der Waals surface area contributed by atoms with E-state index < -0.39 is 11.8 Å². The zero-order valence-corrected chi connectivity index (χ0v) is 25.1. The maximum absolute atomic E-state index is 14.8. The summed E-state index contributed by atoms with van der Waals surface area (Å²) >= 11 is 6.34. The molecule has 1 aliphatic rings. The number of carboxylic acid groups (broad SMARTS) is 1. The monoisotopic (exact) mass is 578 g/mol. The summed E-state index contributed by atoms with van der Waals surface area (Å²) in [5.74, 6) is -0.757. The van der Waals surface area contributed by atoms with Crippen molar-refractivity contribution in [1.29, 1.82) is 0 Å². The van der Waals surface area contributed by atoms with Crippen LogP contribution in [0.15, 0.2) is 48.8 Å². The van der Waals surface area contributed by atoms with Gasteiger partial charge < -0.3 is 10.0 Å². The summed E-state index contributed by atoms with van der Waals surface area (Å²) in [7, 11) is 1.86. The van der Waals surface area contributed by atoms with Gasteiger partial charge in [0.15, 0.2) is 0 Å². The van der Waals surface area contributed by atoms with E-state index in [0.717, 1.165) is 22.3 Å². The Bertz CT molecular complexity index is 1670. The number of aryl methyl sites for hydroxylation is 2. The molecule has 0 bridgehead atoms. The molecule has 0 radical (unpaired) electrons. The van der Waals surface area contributed by atoms with E-state index in [2.05, 4.69) is 15.0 Å². The lowest BCUT2D eigenvalue weighted by atomic mass is 9.97. The van der Waals surface area contributed by atoms with E-state index in [0.29, 0.717) is 53.8 Å². The van der Waals surface area contributed by atoms with Crippen molar-refractivity contribution in [3.63, 3.8) is 0 Å². The highest BCUT2D eigenvalue weighted by atomic mass is 35.5. The Kier molecular flexibility index (Phi) is 9.28. The molecule has 1 fully saturated rings. The molecule has 2 aromatic carbocycles. The average Bonchev–Trinajstić information content (AvgIpc) is 3.58. The van der Waals surface area contributed by atoms with Gasteiger partial charge in [0.2, 0.25) is 0 Å². The number of aromatic nitrogens is 5. The number of carbonyl (C=O) groups is 1. The molecule has 0 unspecified atom stereocenters. The molecule has 4 heterocycles. The summed E-state index contributed by atoms with van der Waals surface area (Å²) < 4.78 is 18.3. The van der Waals surface area contributed by atoms with Gasteiger partial charge in [-0.15, -0.1) is 0 Å². The normalized spacial score (nSPS) is 13.5. The van der Waals surface area contributed by atoms with E-state index in [9.17, 15) is 14.3 Å². The Morgan fingerprint density at radius 1 is 1.05 bits per heavy atom. The number of fused-ring (bicyclic) bond motifs is 2. The molecule has 5 aromatic rings. The van der Waals surface area contributed by atoms with Gasteiger partial charge in [0, 0.05) is 42.7 Å². The molecule has 216 valence electrons. The lowest BCUT2D eigenvalue weighted by Gasteiger charge is -2.31. The zero-order valence-electron chi connectivity index (χ0n) is 24.3. The molecule has 8 nitrogen and oxygen atoms in total. The lowest BCUT2D eigenvalue weighted by Crippen LogP contribution is -2.36. The third-order valence-corrected chi connectivity index (χ3v) is 7.62. The quantitative estimate of drug-likeness (QED) is 0.238. The van der Waals surface area contributed by atoms with Gasteiger partial charge in [-0.05, 0) is 49.6 Å². The van der Waals surface area contributed by atoms with Gasteiger partial charge in [0.1, 0.15) is 17.3 Å². The summed E-state index contributed by atoms with van der Waals surface area (Å²) in [6, 6.07) is 11.1. The van der Waals surface area contributed by atoms with Crippen LogP contribution in [-0.2, 0) is 11.8 Å². The topological polar surface area (TPSA) is 89.1 Å². The van der Waals surface area contributed by atoms with Crippen molar-refractivity contribution in [3.8, 4) is 16.9 Å². The van der Waals surface area contributed by atoms with Crippen LogP contribution in [0.5, 0.6) is 0 Å². The fourth-order valence-corrected chi connectivity index (χ4v) is 5.34. The highest BCUT2D eigenvalue weighted by Gasteiger charge is 2.26. The number of anilines is 1. The van der Waals surface area contributed by atoms with E-state index in [1.54, 1.807) is 22.5 Å². The standard InChI is InChI=1S/C27H24ClFN6O2.2C2H6/c1-15-24(28)21(29)12-19-25(18-4-3-5-22-20(18)14-33(2)31-22)32-35(26(15)19)17-6-7-23(30-13-17)34-10-8-16(9-11-34)27(36)37;2*1-2/h3-7,12-14,16H,8-11H2,1-2H3,(H,36,37);2*1-2H3. The molecule has 10 heteroatoms. The van der Waals surface area contributed by atoms with Gasteiger partial charge in [0.05, 0.1) is 33.9 Å². The maximum atomic E-state index is 14.8. The molecule has 3 aromatic heterocycles. The summed E-state index contributed by atoms with van der Waals surface area (Å²) in [6.45, 7) is 11.1. The maximum Gasteiger partial charge on any atom is 0.306 e. The molecule has 0 saturated carbocycles. The molecule has 1 saturated heterocycles. The number of rotatable bonds is 4. The van der Waals surface area contributed by atoms with Crippen molar-refractivity contribution in [2.45, 2.75) is 47.5 Å². The van der Waals surface area contributed by atoms with Crippen molar-refractivity contribution in [2.24, 2.45) is 13.0 Å². The summed E-state index contributed by atoms with van der Waals surface area (Å²) in [5, 5.41) is 20.3. The van der Waals surface area contributed by atoms with Crippen molar-refractivity contribution in [2.75, 3.05) is 18.0 Å². The summed E-state index contributed by atoms with van der Waals surface area (Å²) in [4.78, 5) is 18.0. The molecular formula is C31H36ClFN6O2. The molecule has 0 aliphatic carbocycles. The molecular weight excluding hydrogens is 543 g/mol. The minimum Gasteiger partial charge on any atom is -0.481 e. The Labute approximate surface area is 244 Å². The Morgan fingerprint density at radius 3 is 2.39 bits per heavy atom. The van der Waals surface area contributed by atoms with E-state index >= 15 is 0 Å². The number of hydrogen-bond donors (Lipinski definition) is 1. The van der Waals surface area contributed by atoms with Gasteiger partial charge >= 0.3 is 5.97 Å². The van der Waals surface area contributed by atoms with Crippen LogP contribution < -0.4 is 4.90 Å². The van der Waals surface area contributed by atoms with Crippen LogP contribution in [0.1, 0.15) is 46.1 Å². The summed E-state index contributed by atoms with van der Waals surface area (Å²) in [6.07, 6.45) is 4.85. The van der Waals surface area contributed by atoms with Gasteiger partial charge in [-0.25, -0.2) is 14.1 Å². The molecule has 41 heavy (non-hydrogen) atoms. The van der Waals surface area contributed by atoms with Gasteiger partial charge in [-0.1, -0.05) is 51.4 Å². The van der Waals surface area contributed by atoms with Gasteiger partial charge in [-0.2, -0.15) is 10.2 Å². The van der Waals surface area contributed by atoms with Crippen LogP contribution in [0.2, 0.25) is 5.02 Å². The molecule has 0 atom stereocenters. The first-order valence-electron chi connectivity index (χ1n) is 14.1. The second-order valence-electron chi connectivity index (χ2n) is 9.47. The molecule has 0 spiro atoms. The Balaban J connectivity index is 0.000000929. The third-order valence-electron chi connectivity index (χ3n) is 7.15. The van der Waals surface area contributed by atoms with E-state index in [1.165, 1.54) is 6.07 Å². The number of halogens is 2. The minimum absolute atomic E-state index is 0.0608. The first-order chi connectivity index (χ1) is 19.8. The molecule has 1 N–H and O–H groups in total. The average molecular weight is 579 g/mol. The smallest absolute Gasteiger partial charge is 0.306 e. The highest BCUT2D eigenvalue weighted by Crippen LogP contribution is 2.38. The third kappa shape index (κ3) is 5.63. The summed E-state index contributed by atoms with van der Waals surface area (Å²) in [5.41, 5.74) is 4.32. The first kappa shape index (κ1) is 30.0.